The van der Waals surface area contributed by atoms with Gasteiger partial charge in [0.2, 0.25) is 0 Å². The second kappa shape index (κ2) is 10.3. The highest BCUT2D eigenvalue weighted by atomic mass is 32.1. The van der Waals surface area contributed by atoms with Crippen LogP contribution in [-0.4, -0.2) is 23.4 Å². The molecule has 0 bridgehead atoms. The van der Waals surface area contributed by atoms with Crippen LogP contribution >= 0.6 is 11.3 Å². The number of aromatic nitrogens is 1. The largest absolute Gasteiger partial charge is 0.494 e. The molecule has 2 aromatic carbocycles. The van der Waals surface area contributed by atoms with E-state index in [1.54, 1.807) is 0 Å². The Hall–Kier alpha value is -3.71. The van der Waals surface area contributed by atoms with Crippen molar-refractivity contribution in [3.05, 3.63) is 75.7 Å². The van der Waals surface area contributed by atoms with Crippen molar-refractivity contribution >= 4 is 39.1 Å². The SMILES string of the molecule is CCOc1ccc(-c2cc(C(=O)Nc3sc4c(c3C(N)=O)CC[C@H](CC)C4)c3cc(C)ccc3n2)cc1. The fourth-order valence-electron chi connectivity index (χ4n) is 5.09. The van der Waals surface area contributed by atoms with Crippen LogP contribution in [0.1, 0.15) is 63.4 Å². The Labute approximate surface area is 220 Å². The number of carbonyl (C=O) groups is 2. The smallest absolute Gasteiger partial charge is 0.257 e. The van der Waals surface area contributed by atoms with Gasteiger partial charge >= 0.3 is 0 Å². The number of fused-ring (bicyclic) bond motifs is 2. The third-order valence-corrected chi connectivity index (χ3v) is 8.26. The minimum absolute atomic E-state index is 0.279. The van der Waals surface area contributed by atoms with E-state index in [1.807, 2.05) is 62.4 Å². The number of thiophene rings is 1. The van der Waals surface area contributed by atoms with E-state index in [2.05, 4.69) is 12.2 Å². The molecule has 1 atom stereocenters. The summed E-state index contributed by atoms with van der Waals surface area (Å²) < 4.78 is 5.57. The van der Waals surface area contributed by atoms with Crippen LogP contribution in [0.25, 0.3) is 22.2 Å². The molecule has 2 heterocycles. The number of carbonyl (C=O) groups excluding carboxylic acids is 2. The lowest BCUT2D eigenvalue weighted by molar-refractivity contribution is 0.1000. The van der Waals surface area contributed by atoms with Crippen LogP contribution in [0.3, 0.4) is 0 Å². The van der Waals surface area contributed by atoms with Crippen molar-refractivity contribution in [1.82, 2.24) is 4.98 Å². The Morgan fingerprint density at radius 2 is 1.92 bits per heavy atom. The Balaban J connectivity index is 1.56. The average Bonchev–Trinajstić information content (AvgIpc) is 3.25. The maximum absolute atomic E-state index is 13.8. The molecule has 0 saturated carbocycles. The summed E-state index contributed by atoms with van der Waals surface area (Å²) in [6.45, 7) is 6.72. The molecule has 2 aromatic heterocycles. The second-order valence-corrected chi connectivity index (χ2v) is 10.7. The zero-order valence-corrected chi connectivity index (χ0v) is 22.2. The zero-order chi connectivity index (χ0) is 26.1. The van der Waals surface area contributed by atoms with Crippen molar-refractivity contribution in [3.63, 3.8) is 0 Å². The zero-order valence-electron chi connectivity index (χ0n) is 21.4. The summed E-state index contributed by atoms with van der Waals surface area (Å²) in [6.07, 6.45) is 3.87. The summed E-state index contributed by atoms with van der Waals surface area (Å²) in [6, 6.07) is 15.4. The fourth-order valence-corrected chi connectivity index (χ4v) is 6.45. The van der Waals surface area contributed by atoms with Gasteiger partial charge in [-0.05, 0) is 87.1 Å². The molecule has 0 saturated heterocycles. The summed E-state index contributed by atoms with van der Waals surface area (Å²) >= 11 is 1.49. The number of hydrogen-bond acceptors (Lipinski definition) is 5. The lowest BCUT2D eigenvalue weighted by atomic mass is 9.85. The summed E-state index contributed by atoms with van der Waals surface area (Å²) in [5.74, 6) is 0.609. The first-order chi connectivity index (χ1) is 17.9. The Morgan fingerprint density at radius 3 is 2.62 bits per heavy atom. The molecule has 190 valence electrons. The van der Waals surface area contributed by atoms with Gasteiger partial charge in [-0.15, -0.1) is 11.3 Å². The van der Waals surface area contributed by atoms with Gasteiger partial charge in [-0.1, -0.05) is 25.0 Å². The van der Waals surface area contributed by atoms with Crippen LogP contribution in [0, 0.1) is 12.8 Å². The number of aryl methyl sites for hydroxylation is 1. The first-order valence-corrected chi connectivity index (χ1v) is 13.6. The van der Waals surface area contributed by atoms with Crippen molar-refractivity contribution in [3.8, 4) is 17.0 Å². The van der Waals surface area contributed by atoms with Gasteiger partial charge in [-0.3, -0.25) is 9.59 Å². The molecule has 2 amide bonds. The number of pyridine rings is 1. The van der Waals surface area contributed by atoms with Gasteiger partial charge in [-0.2, -0.15) is 0 Å². The molecule has 0 unspecified atom stereocenters. The monoisotopic (exact) mass is 513 g/mol. The van der Waals surface area contributed by atoms with E-state index in [0.29, 0.717) is 34.3 Å². The number of benzene rings is 2. The number of nitrogens with two attached hydrogens (primary N) is 1. The highest BCUT2D eigenvalue weighted by molar-refractivity contribution is 7.17. The number of ether oxygens (including phenoxy) is 1. The number of anilines is 1. The number of rotatable bonds is 7. The van der Waals surface area contributed by atoms with Gasteiger partial charge in [0.15, 0.2) is 0 Å². The predicted molar refractivity (Wildman–Crippen MR) is 150 cm³/mol. The highest BCUT2D eigenvalue weighted by Crippen LogP contribution is 2.40. The van der Waals surface area contributed by atoms with Crippen molar-refractivity contribution in [1.29, 1.82) is 0 Å². The molecular weight excluding hydrogens is 482 g/mol. The van der Waals surface area contributed by atoms with Crippen molar-refractivity contribution in [2.75, 3.05) is 11.9 Å². The second-order valence-electron chi connectivity index (χ2n) is 9.58. The van der Waals surface area contributed by atoms with Gasteiger partial charge in [0.1, 0.15) is 10.8 Å². The minimum atomic E-state index is -0.492. The van der Waals surface area contributed by atoms with Gasteiger partial charge in [-0.25, -0.2) is 4.98 Å². The van der Waals surface area contributed by atoms with Gasteiger partial charge < -0.3 is 15.8 Å². The molecular formula is C30H31N3O3S. The van der Waals surface area contributed by atoms with E-state index in [9.17, 15) is 9.59 Å². The molecule has 7 heteroatoms. The summed E-state index contributed by atoms with van der Waals surface area (Å²) in [7, 11) is 0. The molecule has 3 N–H and O–H groups in total. The number of hydrogen-bond donors (Lipinski definition) is 2. The predicted octanol–water partition coefficient (Wildman–Crippen LogP) is 6.54. The standard InChI is InChI=1S/C30H31N3O3S/c1-4-18-7-12-21-26(15-18)37-30(27(21)28(31)34)33-29(35)23-16-25(19-8-10-20(11-9-19)36-5-2)32-24-13-6-17(3)14-22(23)24/h6,8-11,13-14,16,18H,4-5,7,12,15H2,1-3H3,(H2,31,34)(H,33,35)/t18-/m0/s1. The van der Waals surface area contributed by atoms with Crippen LogP contribution in [0.4, 0.5) is 5.00 Å². The number of primary amides is 1. The lowest BCUT2D eigenvalue weighted by Crippen LogP contribution is -2.20. The molecule has 0 radical (unpaired) electrons. The number of nitrogens with one attached hydrogen (secondary N) is 1. The van der Waals surface area contributed by atoms with E-state index in [-0.39, 0.29) is 5.91 Å². The third-order valence-electron chi connectivity index (χ3n) is 7.09. The fraction of sp³-hybridized carbons (Fsp3) is 0.300. The van der Waals surface area contributed by atoms with Crippen LogP contribution in [0.2, 0.25) is 0 Å². The summed E-state index contributed by atoms with van der Waals surface area (Å²) in [5, 5.41) is 4.35. The molecule has 6 nitrogen and oxygen atoms in total. The molecule has 1 aliphatic carbocycles. The van der Waals surface area contributed by atoms with E-state index in [1.165, 1.54) is 11.3 Å². The number of amides is 2. The summed E-state index contributed by atoms with van der Waals surface area (Å²) in [5.41, 5.74) is 11.1. The topological polar surface area (TPSA) is 94.3 Å². The molecule has 0 fully saturated rings. The van der Waals surface area contributed by atoms with Crippen LogP contribution in [0.15, 0.2) is 48.5 Å². The Morgan fingerprint density at radius 1 is 1.14 bits per heavy atom. The molecule has 4 aromatic rings. The Kier molecular flexibility index (Phi) is 6.98. The molecule has 0 spiro atoms. The van der Waals surface area contributed by atoms with Crippen molar-refractivity contribution in [2.45, 2.75) is 46.5 Å². The maximum Gasteiger partial charge on any atom is 0.257 e. The first kappa shape index (κ1) is 25.0. The molecule has 5 rings (SSSR count). The lowest BCUT2D eigenvalue weighted by Gasteiger charge is -2.20. The molecule has 37 heavy (non-hydrogen) atoms. The van der Waals surface area contributed by atoms with E-state index in [0.717, 1.165) is 63.9 Å². The Bertz CT molecular complexity index is 1490. The van der Waals surface area contributed by atoms with Crippen molar-refractivity contribution in [2.24, 2.45) is 11.7 Å². The maximum atomic E-state index is 13.8. The number of nitrogens with zero attached hydrogens (tertiary/aromatic N) is 1. The normalized spacial score (nSPS) is 14.8. The highest BCUT2D eigenvalue weighted by Gasteiger charge is 2.28. The van der Waals surface area contributed by atoms with Crippen LogP contribution in [-0.2, 0) is 12.8 Å². The minimum Gasteiger partial charge on any atom is -0.494 e. The first-order valence-electron chi connectivity index (χ1n) is 12.8. The quantitative estimate of drug-likeness (QED) is 0.293. The average molecular weight is 514 g/mol. The van der Waals surface area contributed by atoms with Crippen LogP contribution in [0.5, 0.6) is 5.75 Å². The third kappa shape index (κ3) is 4.96. The van der Waals surface area contributed by atoms with Gasteiger partial charge in [0.05, 0.1) is 28.9 Å². The molecule has 0 aliphatic heterocycles. The van der Waals surface area contributed by atoms with E-state index >= 15 is 0 Å². The van der Waals surface area contributed by atoms with Gasteiger partial charge in [0, 0.05) is 15.8 Å². The summed E-state index contributed by atoms with van der Waals surface area (Å²) in [4.78, 5) is 32.2. The van der Waals surface area contributed by atoms with Crippen LogP contribution < -0.4 is 15.8 Å². The van der Waals surface area contributed by atoms with E-state index < -0.39 is 5.91 Å². The van der Waals surface area contributed by atoms with Gasteiger partial charge in [0.25, 0.3) is 11.8 Å². The molecule has 1 aliphatic rings. The van der Waals surface area contributed by atoms with E-state index in [4.69, 9.17) is 15.5 Å². The van der Waals surface area contributed by atoms with Crippen molar-refractivity contribution < 1.29 is 14.3 Å².